The van der Waals surface area contributed by atoms with E-state index in [1.165, 1.54) is 12.1 Å². The monoisotopic (exact) mass is 1420 g/mol. The molecule has 0 aliphatic heterocycles. The number of nitrogens with zero attached hydrogens (tertiary/aromatic N) is 3. The van der Waals surface area contributed by atoms with Crippen LogP contribution in [0.25, 0.3) is 60.9 Å². The third-order valence-electron chi connectivity index (χ3n) is 13.0. The van der Waals surface area contributed by atoms with Crippen molar-refractivity contribution in [3.63, 3.8) is 0 Å². The van der Waals surface area contributed by atoms with Gasteiger partial charge in [-0.2, -0.15) is 0 Å². The Morgan fingerprint density at radius 2 is 0.885 bits per heavy atom. The number of phenolic OH excluding ortho intramolecular Hbond substituents is 2. The van der Waals surface area contributed by atoms with Crippen molar-refractivity contribution in [2.45, 2.75) is 13.2 Å². The first-order valence-corrected chi connectivity index (χ1v) is 30.1. The maximum Gasteiger partial charge on any atom is 0.488 e. The summed E-state index contributed by atoms with van der Waals surface area (Å²) < 4.78 is 16.2. The molecule has 0 unspecified atom stereocenters. The van der Waals surface area contributed by atoms with E-state index in [2.05, 4.69) is 63.2 Å². The molecule has 0 bridgehead atoms. The second kappa shape index (κ2) is 33.0. The predicted octanol–water partition coefficient (Wildman–Crippen LogP) is 13.0. The van der Waals surface area contributed by atoms with Crippen molar-refractivity contribution in [1.82, 2.24) is 13.7 Å². The van der Waals surface area contributed by atoms with Crippen molar-refractivity contribution < 1.29 is 39.9 Å². The van der Waals surface area contributed by atoms with E-state index in [1.54, 1.807) is 131 Å². The van der Waals surface area contributed by atoms with Crippen LogP contribution in [-0.4, -0.2) is 68.7 Å². The fourth-order valence-corrected chi connectivity index (χ4v) is 9.20. The van der Waals surface area contributed by atoms with Crippen LogP contribution in [0.15, 0.2) is 268 Å². The maximum absolute atomic E-state index is 12.9. The Kier molecular flexibility index (Phi) is 25.1. The van der Waals surface area contributed by atoms with Gasteiger partial charge in [0.25, 0.3) is 16.7 Å². The zero-order valence-electron chi connectivity index (χ0n) is 46.8. The minimum Gasteiger partial charge on any atom is -0.508 e. The highest BCUT2D eigenvalue weighted by Gasteiger charge is 2.14. The SMILES string of the molecule is BrB(Br)Br.COc1ccc(-n2cc(-c3ccccc3)ccc(CO)cccc2=O)cc1.COc1ccc(-n2cc(Br)c3cc(CO)ccc3c2=O)cc1.O=c1c2ccc(O)cc2c(-c2ccccc2)cn1-c1ccc(O)cc1.OB(O)c1ccccc1. The number of aliphatic hydroxyl groups excluding tert-OH is 2. The molecule has 0 saturated heterocycles. The van der Waals surface area contributed by atoms with Gasteiger partial charge >= 0.3 is 10.3 Å². The molecule has 8 aromatic carbocycles. The van der Waals surface area contributed by atoms with E-state index in [-0.39, 0.29) is 44.6 Å². The molecule has 0 fully saturated rings. The molecule has 11 rings (SSSR count). The molecule has 3 aromatic heterocycles. The van der Waals surface area contributed by atoms with Crippen LogP contribution in [0.3, 0.4) is 0 Å². The maximum atomic E-state index is 12.9. The number of rotatable bonds is 10. The van der Waals surface area contributed by atoms with E-state index >= 15 is 0 Å². The van der Waals surface area contributed by atoms with Crippen LogP contribution in [0.2, 0.25) is 0 Å². The van der Waals surface area contributed by atoms with Gasteiger partial charge in [0.2, 0.25) is 0 Å². The number of phenols is 2. The molecular weight excluding hydrogens is 1360 g/mol. The topological polar surface area (TPSA) is 206 Å². The first-order chi connectivity index (χ1) is 42.0. The van der Waals surface area contributed by atoms with Crippen molar-refractivity contribution in [2.24, 2.45) is 0 Å². The molecule has 0 saturated carbocycles. The molecule has 11 aromatic rings. The second-order valence-electron chi connectivity index (χ2n) is 18.7. The summed E-state index contributed by atoms with van der Waals surface area (Å²) in [6.07, 6.45) is 5.32. The van der Waals surface area contributed by atoms with E-state index in [0.29, 0.717) is 27.3 Å². The van der Waals surface area contributed by atoms with Gasteiger partial charge in [-0.25, -0.2) is 0 Å². The van der Waals surface area contributed by atoms with Crippen LogP contribution in [0, 0.1) is 0 Å². The smallest absolute Gasteiger partial charge is 0.488 e. The van der Waals surface area contributed by atoms with Crippen molar-refractivity contribution in [2.75, 3.05) is 14.2 Å². The largest absolute Gasteiger partial charge is 0.508 e. The van der Waals surface area contributed by atoms with Crippen LogP contribution in [-0.2, 0) is 13.2 Å². The standard InChI is InChI=1S/C23H21NO3.C21H15NO3.C17H14BrNO3.C6H7BO2.BBr3/c1-27-22-14-12-21(13-15-22)24-16-20(19-7-3-2-4-8-19)11-10-18(17-25)6-5-9-23(24)26;23-16-8-6-15(7-9-16)22-13-20(14-4-2-1-3-5-14)19-12-17(24)10-11-18(19)21(22)25;1-22-13-5-3-12(4-6-13)19-9-16(18)15-8-11(10-20)2-7-14(15)17(19)21;8-7(9)6-4-2-1-3-5-6;2-1(3)4/h2-16,25H,17H2,1H3;1-13,23-24H;2-9,20H,10H2,1H3;1-5,8-9H;. The molecule has 3 heterocycles. The van der Waals surface area contributed by atoms with E-state index < -0.39 is 7.12 Å². The van der Waals surface area contributed by atoms with Crippen LogP contribution in [0.4, 0.5) is 0 Å². The third-order valence-corrected chi connectivity index (χ3v) is 13.7. The van der Waals surface area contributed by atoms with E-state index in [1.807, 2.05) is 133 Å². The average molecular weight is 1420 g/mol. The summed E-state index contributed by atoms with van der Waals surface area (Å²) in [6, 6.07) is 68.0. The molecular formula is C67H57B2Br4N3O11. The minimum absolute atomic E-state index is 0.0516. The van der Waals surface area contributed by atoms with Crippen molar-refractivity contribution in [3.8, 4) is 62.3 Å². The van der Waals surface area contributed by atoms with Crippen LogP contribution >= 0.6 is 63.2 Å². The van der Waals surface area contributed by atoms with E-state index in [4.69, 9.17) is 19.5 Å². The first kappa shape index (κ1) is 66.2. The van der Waals surface area contributed by atoms with Gasteiger partial charge in [0.05, 0.1) is 27.4 Å². The number of ether oxygens (including phenoxy) is 2. The molecule has 0 radical (unpaired) electrons. The van der Waals surface area contributed by atoms with Crippen molar-refractivity contribution in [3.05, 3.63) is 296 Å². The third kappa shape index (κ3) is 18.6. The summed E-state index contributed by atoms with van der Waals surface area (Å²) in [4.78, 5) is 38.4. The van der Waals surface area contributed by atoms with Gasteiger partial charge in [-0.1, -0.05) is 121 Å². The van der Waals surface area contributed by atoms with E-state index in [9.17, 15) is 34.8 Å². The Morgan fingerprint density at radius 1 is 0.425 bits per heavy atom. The summed E-state index contributed by atoms with van der Waals surface area (Å²) >= 11 is 12.8. The zero-order valence-corrected chi connectivity index (χ0v) is 53.2. The number of aliphatic hydroxyl groups is 2. The molecule has 87 heavy (non-hydrogen) atoms. The van der Waals surface area contributed by atoms with Gasteiger partial charge in [-0.15, -0.1) is 47.3 Å². The number of fused-ring (bicyclic) bond motifs is 2. The average Bonchev–Trinajstić information content (AvgIpc) is 1.86. The normalized spacial score (nSPS) is 10.3. The Hall–Kier alpha value is -8.30. The molecule has 0 amide bonds. The number of halogens is 4. The highest BCUT2D eigenvalue weighted by atomic mass is 79.9. The number of aromatic hydroxyl groups is 2. The number of hydrogen-bond acceptors (Lipinski definition) is 11. The molecule has 0 aliphatic rings. The molecule has 440 valence electrons. The summed E-state index contributed by atoms with van der Waals surface area (Å²) in [5.41, 5.74) is 7.34. The molecule has 0 aliphatic carbocycles. The fourth-order valence-electron chi connectivity index (χ4n) is 8.67. The van der Waals surface area contributed by atoms with Gasteiger partial charge in [0.15, 0.2) is 0 Å². The first-order valence-electron chi connectivity index (χ1n) is 26.6. The highest BCUT2D eigenvalue weighted by molar-refractivity contribution is 9.69. The quantitative estimate of drug-likeness (QED) is 0.0711. The lowest BCUT2D eigenvalue weighted by molar-refractivity contribution is 0.281. The molecule has 20 heteroatoms. The highest BCUT2D eigenvalue weighted by Crippen LogP contribution is 2.31. The molecule has 6 N–H and O–H groups in total. The predicted molar refractivity (Wildman–Crippen MR) is 364 cm³/mol. The Balaban J connectivity index is 0.000000169. The summed E-state index contributed by atoms with van der Waals surface area (Å²) in [6.45, 7) is -0.150. The Morgan fingerprint density at radius 3 is 1.40 bits per heavy atom. The van der Waals surface area contributed by atoms with Crippen molar-refractivity contribution >= 4 is 101 Å². The van der Waals surface area contributed by atoms with Gasteiger partial charge < -0.3 is 39.9 Å². The number of aromatic nitrogens is 3. The number of methoxy groups -OCH3 is 2. The van der Waals surface area contributed by atoms with Crippen LogP contribution < -0.4 is 31.6 Å². The Labute approximate surface area is 535 Å². The van der Waals surface area contributed by atoms with Gasteiger partial charge in [-0.05, 0) is 152 Å². The Bertz CT molecular complexity index is 4280. The summed E-state index contributed by atoms with van der Waals surface area (Å²) in [5.74, 6) is 1.73. The van der Waals surface area contributed by atoms with Crippen LogP contribution in [0.5, 0.6) is 23.0 Å². The summed E-state index contributed by atoms with van der Waals surface area (Å²) in [5, 5.41) is 57.9. The lowest BCUT2D eigenvalue weighted by atomic mass is 9.81. The second-order valence-corrected chi connectivity index (χ2v) is 26.0. The minimum atomic E-state index is -1.34. The van der Waals surface area contributed by atoms with Crippen LogP contribution in [0.1, 0.15) is 11.1 Å². The molecule has 14 nitrogen and oxygen atoms in total. The number of hydrogen-bond donors (Lipinski definition) is 6. The van der Waals surface area contributed by atoms with Gasteiger partial charge in [0.1, 0.15) is 23.0 Å². The lowest BCUT2D eigenvalue weighted by Crippen LogP contribution is -2.29. The number of benzene rings is 8. The summed E-state index contributed by atoms with van der Waals surface area (Å²) in [7, 11) is 1.87. The lowest BCUT2D eigenvalue weighted by Gasteiger charge is -2.13. The van der Waals surface area contributed by atoms with Gasteiger partial charge in [0, 0.05) is 73.3 Å². The molecule has 0 atom stereocenters. The zero-order chi connectivity index (χ0) is 62.4. The fraction of sp³-hybridized carbons (Fsp3) is 0.0597. The van der Waals surface area contributed by atoms with Gasteiger partial charge in [-0.3, -0.25) is 28.1 Å². The van der Waals surface area contributed by atoms with E-state index in [0.717, 1.165) is 66.1 Å². The number of pyridine rings is 2. The van der Waals surface area contributed by atoms with Crippen molar-refractivity contribution in [1.29, 1.82) is 0 Å². The molecule has 0 spiro atoms.